The van der Waals surface area contributed by atoms with Crippen LogP contribution in [-0.4, -0.2) is 0 Å². The first-order valence-corrected chi connectivity index (χ1v) is 9.63. The molecule has 3 rings (SSSR count). The third kappa shape index (κ3) is 4.91. The summed E-state index contributed by atoms with van der Waals surface area (Å²) in [7, 11) is 0. The second-order valence-corrected chi connectivity index (χ2v) is 6.99. The summed E-state index contributed by atoms with van der Waals surface area (Å²) >= 11 is 0. The van der Waals surface area contributed by atoms with Crippen molar-refractivity contribution < 1.29 is 35.5 Å². The van der Waals surface area contributed by atoms with E-state index < -0.39 is 68.5 Å². The molecule has 5 nitrogen and oxygen atoms in total. The number of alkyl halides is 3. The minimum Gasteiger partial charge on any atom is -0.457 e. The van der Waals surface area contributed by atoms with Gasteiger partial charge in [-0.15, -0.1) is 0 Å². The number of nitriles is 2. The first-order valence-electron chi connectivity index (χ1n) is 9.63. The minimum atomic E-state index is -4.67. The van der Waals surface area contributed by atoms with E-state index >= 15 is 0 Å². The second kappa shape index (κ2) is 10.1. The number of halogens is 7. The Labute approximate surface area is 203 Å². The largest absolute Gasteiger partial charge is 0.457 e. The maximum atomic E-state index is 14.7. The molecule has 3 aromatic rings. The monoisotopic (exact) mass is 512 g/mol. The van der Waals surface area contributed by atoms with Gasteiger partial charge in [0.15, 0.2) is 23.3 Å². The summed E-state index contributed by atoms with van der Waals surface area (Å²) in [5.41, 5.74) is -5.54. The smallest absolute Gasteiger partial charge is 0.416 e. The third-order valence-corrected chi connectivity index (χ3v) is 4.87. The van der Waals surface area contributed by atoms with Crippen LogP contribution in [0.2, 0.25) is 0 Å². The third-order valence-electron chi connectivity index (χ3n) is 4.87. The van der Waals surface area contributed by atoms with Crippen molar-refractivity contribution in [2.24, 2.45) is 0 Å². The van der Waals surface area contributed by atoms with Crippen LogP contribution < -0.4 is 15.2 Å². The predicted octanol–water partition coefficient (Wildman–Crippen LogP) is 5.88. The molecule has 0 aliphatic heterocycles. The van der Waals surface area contributed by atoms with Crippen LogP contribution in [-0.2, 0) is 6.18 Å². The molecule has 0 radical (unpaired) electrons. The van der Waals surface area contributed by atoms with Crippen LogP contribution in [0.15, 0.2) is 42.5 Å². The van der Waals surface area contributed by atoms with Crippen LogP contribution in [0.4, 0.5) is 36.4 Å². The Bertz CT molecular complexity index is 1670. The molecule has 182 valence electrons. The lowest BCUT2D eigenvalue weighted by Gasteiger charge is -2.12. The van der Waals surface area contributed by atoms with Gasteiger partial charge in [0.1, 0.15) is 17.6 Å². The Balaban J connectivity index is 2.41. The van der Waals surface area contributed by atoms with Gasteiger partial charge in [-0.2, -0.15) is 18.4 Å². The Morgan fingerprint density at radius 1 is 0.838 bits per heavy atom. The summed E-state index contributed by atoms with van der Waals surface area (Å²) in [5, 5.41) is 18.2. The number of ether oxygens (including phenoxy) is 1. The van der Waals surface area contributed by atoms with E-state index in [0.717, 1.165) is 30.3 Å². The van der Waals surface area contributed by atoms with Crippen molar-refractivity contribution in [2.75, 3.05) is 0 Å². The maximum absolute atomic E-state index is 14.7. The highest BCUT2D eigenvalue weighted by atomic mass is 19.4. The molecular formula is C25H7F7N4O. The number of rotatable bonds is 3. The van der Waals surface area contributed by atoms with Crippen molar-refractivity contribution in [3.8, 4) is 23.6 Å². The lowest BCUT2D eigenvalue weighted by Crippen LogP contribution is -2.17. The molecule has 0 N–H and O–H groups in total. The molecule has 37 heavy (non-hydrogen) atoms. The molecular weight excluding hydrogens is 505 g/mol. The zero-order valence-electron chi connectivity index (χ0n) is 17.9. The van der Waals surface area contributed by atoms with E-state index in [1.165, 1.54) is 6.07 Å². The number of hydrogen-bond donors (Lipinski definition) is 0. The number of nitrogens with zero attached hydrogens (tertiary/aromatic N) is 4. The molecule has 0 aromatic heterocycles. The summed E-state index contributed by atoms with van der Waals surface area (Å²) in [6.07, 6.45) is -4.67. The van der Waals surface area contributed by atoms with Gasteiger partial charge in [-0.1, -0.05) is 12.1 Å². The van der Waals surface area contributed by atoms with Crippen LogP contribution in [0, 0.1) is 59.1 Å². The average molecular weight is 512 g/mol. The summed E-state index contributed by atoms with van der Waals surface area (Å²) in [4.78, 5) is 5.39. The van der Waals surface area contributed by atoms with Crippen LogP contribution in [0.3, 0.4) is 0 Å². The molecule has 0 bridgehead atoms. The van der Waals surface area contributed by atoms with Gasteiger partial charge < -0.3 is 4.74 Å². The summed E-state index contributed by atoms with van der Waals surface area (Å²) in [6, 6.07) is 9.12. The summed E-state index contributed by atoms with van der Waals surface area (Å²) in [5.74, 6) is -8.93. The van der Waals surface area contributed by atoms with Gasteiger partial charge in [0, 0.05) is 5.22 Å². The van der Waals surface area contributed by atoms with Gasteiger partial charge in [-0.05, 0) is 35.6 Å². The molecule has 0 fully saturated rings. The zero-order valence-corrected chi connectivity index (χ0v) is 17.9. The fourth-order valence-electron chi connectivity index (χ4n) is 3.14. The standard InChI is InChI=1S/C25H7F7N4O/c1-35-17(11-34)12-3-8-15(18(9-12)37-14-6-4-13(5-7-14)25(30,31)32)16(10-33)19-20(26)22(28)24(36-2)23(29)21(19)27/h3-9H/b16-15+,17-12+. The molecule has 0 unspecified atom stereocenters. The highest BCUT2D eigenvalue weighted by molar-refractivity contribution is 5.80. The van der Waals surface area contributed by atoms with Gasteiger partial charge in [0.25, 0.3) is 11.4 Å². The molecule has 0 atom stereocenters. The average Bonchev–Trinajstić information content (AvgIpc) is 2.87. The second-order valence-electron chi connectivity index (χ2n) is 6.99. The normalized spacial score (nSPS) is 12.4. The molecule has 0 spiro atoms. The van der Waals surface area contributed by atoms with Crippen LogP contribution in [0.25, 0.3) is 21.0 Å². The number of hydrogen-bond acceptors (Lipinski definition) is 3. The van der Waals surface area contributed by atoms with Gasteiger partial charge in [0.05, 0.1) is 35.9 Å². The molecule has 0 aliphatic carbocycles. The van der Waals surface area contributed by atoms with Crippen LogP contribution in [0.5, 0.6) is 11.5 Å². The van der Waals surface area contributed by atoms with E-state index in [1.807, 2.05) is 0 Å². The van der Waals surface area contributed by atoms with E-state index in [-0.39, 0.29) is 11.0 Å². The topological polar surface area (TPSA) is 65.5 Å². The Hall–Kier alpha value is -5.33. The van der Waals surface area contributed by atoms with Crippen molar-refractivity contribution in [3.63, 3.8) is 0 Å². The first-order chi connectivity index (χ1) is 17.5. The Morgan fingerprint density at radius 3 is 1.89 bits per heavy atom. The van der Waals surface area contributed by atoms with E-state index in [4.69, 9.17) is 23.1 Å². The molecule has 0 aliphatic rings. The van der Waals surface area contributed by atoms with E-state index in [9.17, 15) is 36.0 Å². The van der Waals surface area contributed by atoms with E-state index in [2.05, 4.69) is 9.69 Å². The van der Waals surface area contributed by atoms with Gasteiger partial charge in [-0.3, -0.25) is 0 Å². The van der Waals surface area contributed by atoms with E-state index in [0.29, 0.717) is 12.1 Å². The number of benzene rings is 3. The Kier molecular flexibility index (Phi) is 7.18. The molecule has 0 amide bonds. The first kappa shape index (κ1) is 26.3. The molecule has 0 saturated carbocycles. The van der Waals surface area contributed by atoms with Crippen LogP contribution >= 0.6 is 0 Å². The van der Waals surface area contributed by atoms with Crippen molar-refractivity contribution in [1.29, 1.82) is 10.5 Å². The maximum Gasteiger partial charge on any atom is 0.416 e. The summed E-state index contributed by atoms with van der Waals surface area (Å²) in [6.45, 7) is 13.8. The highest BCUT2D eigenvalue weighted by Gasteiger charge is 2.30. The van der Waals surface area contributed by atoms with Gasteiger partial charge in [0.2, 0.25) is 0 Å². The van der Waals surface area contributed by atoms with Crippen molar-refractivity contribution in [1.82, 2.24) is 0 Å². The SMILES string of the molecule is [C-]#[N+]/C(C#N)=c1\cc/c(=C(/C#N)c2c(F)c(F)c([N+]#[C-])c(F)c2F)c(Oc2ccc(C(F)(F)F)cc2)c1. The predicted molar refractivity (Wildman–Crippen MR) is 113 cm³/mol. The van der Waals surface area contributed by atoms with Crippen molar-refractivity contribution in [3.05, 3.63) is 110 Å². The molecule has 0 saturated heterocycles. The van der Waals surface area contributed by atoms with Gasteiger partial charge in [-0.25, -0.2) is 32.5 Å². The Morgan fingerprint density at radius 2 is 1.43 bits per heavy atom. The lowest BCUT2D eigenvalue weighted by atomic mass is 10.0. The fraction of sp³-hybridized carbons (Fsp3) is 0.0400. The highest BCUT2D eigenvalue weighted by Crippen LogP contribution is 2.34. The molecule has 12 heteroatoms. The lowest BCUT2D eigenvalue weighted by molar-refractivity contribution is -0.137. The van der Waals surface area contributed by atoms with Crippen LogP contribution in [0.1, 0.15) is 11.1 Å². The molecule has 0 heterocycles. The van der Waals surface area contributed by atoms with E-state index in [1.54, 1.807) is 6.07 Å². The molecule has 3 aromatic carbocycles. The van der Waals surface area contributed by atoms with Crippen molar-refractivity contribution >= 4 is 17.0 Å². The fourth-order valence-corrected chi connectivity index (χ4v) is 3.14. The minimum absolute atomic E-state index is 0.0953. The van der Waals surface area contributed by atoms with Gasteiger partial charge >= 0.3 is 6.18 Å². The quantitative estimate of drug-likeness (QED) is 0.250. The summed E-state index contributed by atoms with van der Waals surface area (Å²) < 4.78 is 102. The zero-order chi connectivity index (χ0) is 27.5. The van der Waals surface area contributed by atoms with Crippen molar-refractivity contribution in [2.45, 2.75) is 6.18 Å².